The zero-order chi connectivity index (χ0) is 16.7. The molecule has 0 radical (unpaired) electrons. The lowest BCUT2D eigenvalue weighted by Gasteiger charge is -2.15. The summed E-state index contributed by atoms with van der Waals surface area (Å²) in [7, 11) is 0. The van der Waals surface area contributed by atoms with E-state index in [2.05, 4.69) is 5.32 Å². The van der Waals surface area contributed by atoms with Crippen LogP contribution in [0.4, 0.5) is 4.79 Å². The number of carbonyl (C=O) groups excluding carboxylic acids is 1. The van der Waals surface area contributed by atoms with Crippen LogP contribution < -0.4 is 5.32 Å². The SMILES string of the molecule is O=C(N[C@@H](Cc1ccccc1O)C(=O)O)OCc1ccccc1. The number of hydrogen-bond acceptors (Lipinski definition) is 4. The number of nitrogens with one attached hydrogen (secondary N) is 1. The average molecular weight is 315 g/mol. The zero-order valence-electron chi connectivity index (χ0n) is 12.3. The third-order valence-electron chi connectivity index (χ3n) is 3.22. The number of para-hydroxylation sites is 1. The number of aliphatic carboxylic acids is 1. The van der Waals surface area contributed by atoms with E-state index in [9.17, 15) is 19.8 Å². The highest BCUT2D eigenvalue weighted by Crippen LogP contribution is 2.17. The van der Waals surface area contributed by atoms with Crippen molar-refractivity contribution in [3.8, 4) is 5.75 Å². The van der Waals surface area contributed by atoms with Crippen molar-refractivity contribution in [3.05, 3.63) is 65.7 Å². The second-order valence-corrected chi connectivity index (χ2v) is 4.93. The number of phenolic OH excluding ortho intramolecular Hbond substituents is 1. The summed E-state index contributed by atoms with van der Waals surface area (Å²) in [5.41, 5.74) is 1.23. The summed E-state index contributed by atoms with van der Waals surface area (Å²) in [5, 5.41) is 21.2. The minimum Gasteiger partial charge on any atom is -0.508 e. The molecule has 0 spiro atoms. The fourth-order valence-corrected chi connectivity index (χ4v) is 2.01. The molecular formula is C17H17NO5. The van der Waals surface area contributed by atoms with Crippen LogP contribution in [0, 0.1) is 0 Å². The highest BCUT2D eigenvalue weighted by molar-refractivity contribution is 5.80. The highest BCUT2D eigenvalue weighted by Gasteiger charge is 2.22. The predicted octanol–water partition coefficient (Wildman–Crippen LogP) is 2.31. The van der Waals surface area contributed by atoms with Gasteiger partial charge in [0.2, 0.25) is 0 Å². The molecule has 0 aliphatic carbocycles. The Morgan fingerprint density at radius 2 is 1.70 bits per heavy atom. The average Bonchev–Trinajstić information content (AvgIpc) is 2.55. The van der Waals surface area contributed by atoms with E-state index < -0.39 is 18.1 Å². The van der Waals surface area contributed by atoms with E-state index in [1.54, 1.807) is 30.3 Å². The van der Waals surface area contributed by atoms with Crippen molar-refractivity contribution >= 4 is 12.1 Å². The van der Waals surface area contributed by atoms with Gasteiger partial charge >= 0.3 is 12.1 Å². The Kier molecular flexibility index (Phi) is 5.57. The molecule has 0 fully saturated rings. The van der Waals surface area contributed by atoms with E-state index in [0.717, 1.165) is 5.56 Å². The van der Waals surface area contributed by atoms with Gasteiger partial charge in [-0.1, -0.05) is 48.5 Å². The predicted molar refractivity (Wildman–Crippen MR) is 83.0 cm³/mol. The van der Waals surface area contributed by atoms with Gasteiger partial charge in [0.25, 0.3) is 0 Å². The van der Waals surface area contributed by atoms with Gasteiger partial charge in [0.05, 0.1) is 0 Å². The molecule has 120 valence electrons. The second-order valence-electron chi connectivity index (χ2n) is 4.93. The van der Waals surface area contributed by atoms with Crippen LogP contribution in [0.15, 0.2) is 54.6 Å². The van der Waals surface area contributed by atoms with Crippen molar-refractivity contribution in [2.24, 2.45) is 0 Å². The van der Waals surface area contributed by atoms with Gasteiger partial charge in [0.1, 0.15) is 18.4 Å². The topological polar surface area (TPSA) is 95.9 Å². The lowest BCUT2D eigenvalue weighted by Crippen LogP contribution is -2.42. The highest BCUT2D eigenvalue weighted by atomic mass is 16.5. The number of aromatic hydroxyl groups is 1. The van der Waals surface area contributed by atoms with Crippen LogP contribution in [0.1, 0.15) is 11.1 Å². The molecule has 0 aliphatic heterocycles. The zero-order valence-corrected chi connectivity index (χ0v) is 12.3. The van der Waals surface area contributed by atoms with E-state index in [1.807, 2.05) is 18.2 Å². The number of phenols is 1. The number of carbonyl (C=O) groups is 2. The molecule has 1 atom stereocenters. The Hall–Kier alpha value is -3.02. The van der Waals surface area contributed by atoms with Gasteiger partial charge in [-0.15, -0.1) is 0 Å². The van der Waals surface area contributed by atoms with Crippen LogP contribution in [0.3, 0.4) is 0 Å². The summed E-state index contributed by atoms with van der Waals surface area (Å²) in [6.07, 6.45) is -0.862. The standard InChI is InChI=1S/C17H17NO5/c19-15-9-5-4-8-13(15)10-14(16(20)21)18-17(22)23-11-12-6-2-1-3-7-12/h1-9,14,19H,10-11H2,(H,18,22)(H,20,21)/t14-/m0/s1. The summed E-state index contributed by atoms with van der Waals surface area (Å²) < 4.78 is 5.00. The molecule has 0 heterocycles. The monoisotopic (exact) mass is 315 g/mol. The summed E-state index contributed by atoms with van der Waals surface area (Å²) in [6.45, 7) is 0.0512. The number of benzene rings is 2. The van der Waals surface area contributed by atoms with Crippen LogP contribution in [0.2, 0.25) is 0 Å². The third kappa shape index (κ3) is 5.03. The summed E-state index contributed by atoms with van der Waals surface area (Å²) >= 11 is 0. The minimum atomic E-state index is -1.20. The number of alkyl carbamates (subject to hydrolysis) is 1. The number of hydrogen-bond donors (Lipinski definition) is 3. The third-order valence-corrected chi connectivity index (χ3v) is 3.22. The minimum absolute atomic E-state index is 0.0156. The first-order chi connectivity index (χ1) is 11.1. The lowest BCUT2D eigenvalue weighted by atomic mass is 10.1. The van der Waals surface area contributed by atoms with E-state index in [0.29, 0.717) is 5.56 Å². The van der Waals surface area contributed by atoms with Crippen molar-refractivity contribution < 1.29 is 24.5 Å². The normalized spacial score (nSPS) is 11.5. The second kappa shape index (κ2) is 7.84. The molecular weight excluding hydrogens is 298 g/mol. The van der Waals surface area contributed by atoms with Crippen molar-refractivity contribution in [3.63, 3.8) is 0 Å². The van der Waals surface area contributed by atoms with Crippen LogP contribution in [-0.4, -0.2) is 28.3 Å². The molecule has 0 saturated carbocycles. The molecule has 3 N–H and O–H groups in total. The molecule has 1 amide bonds. The molecule has 2 aromatic rings. The molecule has 0 saturated heterocycles. The fraction of sp³-hybridized carbons (Fsp3) is 0.176. The molecule has 0 bridgehead atoms. The number of carboxylic acid groups (broad SMARTS) is 1. The first-order valence-corrected chi connectivity index (χ1v) is 7.03. The molecule has 0 unspecified atom stereocenters. The molecule has 23 heavy (non-hydrogen) atoms. The maximum absolute atomic E-state index is 11.7. The fourth-order valence-electron chi connectivity index (χ4n) is 2.01. The first kappa shape index (κ1) is 16.4. The summed E-state index contributed by atoms with van der Waals surface area (Å²) in [6, 6.07) is 14.3. The van der Waals surface area contributed by atoms with Crippen LogP contribution in [0.5, 0.6) is 5.75 Å². The maximum atomic E-state index is 11.7. The van der Waals surface area contributed by atoms with Gasteiger partial charge in [0, 0.05) is 6.42 Å². The van der Waals surface area contributed by atoms with Crippen molar-refractivity contribution in [1.29, 1.82) is 0 Å². The van der Waals surface area contributed by atoms with Gasteiger partial charge in [-0.05, 0) is 17.2 Å². The number of rotatable bonds is 6. The van der Waals surface area contributed by atoms with E-state index in [4.69, 9.17) is 4.74 Å². The molecule has 0 aliphatic rings. The number of ether oxygens (including phenoxy) is 1. The molecule has 6 nitrogen and oxygen atoms in total. The summed E-state index contributed by atoms with van der Waals surface area (Å²) in [4.78, 5) is 23.0. The van der Waals surface area contributed by atoms with E-state index in [1.165, 1.54) is 6.07 Å². The van der Waals surface area contributed by atoms with Crippen LogP contribution in [0.25, 0.3) is 0 Å². The first-order valence-electron chi connectivity index (χ1n) is 7.03. The Bertz CT molecular complexity index is 672. The van der Waals surface area contributed by atoms with Gasteiger partial charge in [0.15, 0.2) is 0 Å². The Labute approximate surface area is 133 Å². The van der Waals surface area contributed by atoms with E-state index >= 15 is 0 Å². The Balaban J connectivity index is 1.92. The largest absolute Gasteiger partial charge is 0.508 e. The Morgan fingerprint density at radius 1 is 1.04 bits per heavy atom. The van der Waals surface area contributed by atoms with Crippen molar-refractivity contribution in [2.75, 3.05) is 0 Å². The Morgan fingerprint density at radius 3 is 2.35 bits per heavy atom. The van der Waals surface area contributed by atoms with Crippen LogP contribution in [-0.2, 0) is 22.6 Å². The van der Waals surface area contributed by atoms with Gasteiger partial charge < -0.3 is 20.3 Å². The van der Waals surface area contributed by atoms with Crippen LogP contribution >= 0.6 is 0 Å². The van der Waals surface area contributed by atoms with Gasteiger partial charge in [-0.2, -0.15) is 0 Å². The molecule has 2 aromatic carbocycles. The molecule has 2 rings (SSSR count). The number of amides is 1. The molecule has 6 heteroatoms. The van der Waals surface area contributed by atoms with Gasteiger partial charge in [-0.3, -0.25) is 0 Å². The smallest absolute Gasteiger partial charge is 0.408 e. The quantitative estimate of drug-likeness (QED) is 0.760. The lowest BCUT2D eigenvalue weighted by molar-refractivity contribution is -0.139. The molecule has 0 aromatic heterocycles. The maximum Gasteiger partial charge on any atom is 0.408 e. The number of carboxylic acids is 1. The van der Waals surface area contributed by atoms with Crippen molar-refractivity contribution in [2.45, 2.75) is 19.1 Å². The van der Waals surface area contributed by atoms with Gasteiger partial charge in [-0.25, -0.2) is 9.59 Å². The summed E-state index contributed by atoms with van der Waals surface area (Å²) in [5.74, 6) is -1.22. The van der Waals surface area contributed by atoms with E-state index in [-0.39, 0.29) is 18.8 Å². The van der Waals surface area contributed by atoms with Crippen molar-refractivity contribution in [1.82, 2.24) is 5.32 Å².